The Balaban J connectivity index is 1.76. The predicted octanol–water partition coefficient (Wildman–Crippen LogP) is 1.06. The molecule has 2 heterocycles. The standard InChI is InChI=1S/C13H15N3O3/c17-10(9-4-3-7-14-9)8-16-11(18)13(15-12(16)19)5-1-2-6-13/h3-4,7,14H,1-2,5-6,8H2,(H,15,19). The van der Waals surface area contributed by atoms with Crippen LogP contribution in [0.15, 0.2) is 18.3 Å². The molecule has 1 aromatic heterocycles. The minimum atomic E-state index is -0.743. The molecule has 1 saturated carbocycles. The second-order valence-corrected chi connectivity index (χ2v) is 5.12. The quantitative estimate of drug-likeness (QED) is 0.630. The van der Waals surface area contributed by atoms with Gasteiger partial charge >= 0.3 is 6.03 Å². The fourth-order valence-electron chi connectivity index (χ4n) is 2.87. The number of aromatic amines is 1. The molecule has 3 rings (SSSR count). The Labute approximate surface area is 110 Å². The third kappa shape index (κ3) is 1.83. The molecular weight excluding hydrogens is 246 g/mol. The number of nitrogens with one attached hydrogen (secondary N) is 2. The summed E-state index contributed by atoms with van der Waals surface area (Å²) in [5.41, 5.74) is -0.333. The number of H-pyrrole nitrogens is 1. The lowest BCUT2D eigenvalue weighted by atomic mass is 9.98. The maximum Gasteiger partial charge on any atom is 0.325 e. The van der Waals surface area contributed by atoms with Crippen molar-refractivity contribution in [3.63, 3.8) is 0 Å². The molecule has 2 fully saturated rings. The first-order valence-electron chi connectivity index (χ1n) is 6.43. The van der Waals surface area contributed by atoms with Crippen LogP contribution in [0.2, 0.25) is 0 Å². The van der Waals surface area contributed by atoms with Crippen LogP contribution in [0.3, 0.4) is 0 Å². The molecule has 1 aliphatic heterocycles. The number of hydrogen-bond acceptors (Lipinski definition) is 3. The lowest BCUT2D eigenvalue weighted by Crippen LogP contribution is -2.44. The van der Waals surface area contributed by atoms with E-state index < -0.39 is 11.6 Å². The lowest BCUT2D eigenvalue weighted by molar-refractivity contribution is -0.130. The molecule has 19 heavy (non-hydrogen) atoms. The molecule has 0 aromatic carbocycles. The number of nitrogens with zero attached hydrogens (tertiary/aromatic N) is 1. The molecule has 0 atom stereocenters. The third-order valence-corrected chi connectivity index (χ3v) is 3.90. The molecule has 1 spiro atoms. The van der Waals surface area contributed by atoms with Gasteiger partial charge in [-0.25, -0.2) is 4.79 Å². The molecule has 1 saturated heterocycles. The number of hydrogen-bond donors (Lipinski definition) is 2. The van der Waals surface area contributed by atoms with Gasteiger partial charge in [0, 0.05) is 6.20 Å². The maximum atomic E-state index is 12.3. The van der Waals surface area contributed by atoms with E-state index in [2.05, 4.69) is 10.3 Å². The Morgan fingerprint density at radius 1 is 1.32 bits per heavy atom. The van der Waals surface area contributed by atoms with E-state index in [4.69, 9.17) is 0 Å². The topological polar surface area (TPSA) is 82.3 Å². The van der Waals surface area contributed by atoms with Gasteiger partial charge in [0.15, 0.2) is 5.78 Å². The van der Waals surface area contributed by atoms with Crippen LogP contribution >= 0.6 is 0 Å². The van der Waals surface area contributed by atoms with Crippen molar-refractivity contribution < 1.29 is 14.4 Å². The van der Waals surface area contributed by atoms with E-state index in [1.807, 2.05) is 0 Å². The number of aromatic nitrogens is 1. The van der Waals surface area contributed by atoms with E-state index in [9.17, 15) is 14.4 Å². The smallest absolute Gasteiger partial charge is 0.325 e. The summed E-state index contributed by atoms with van der Waals surface area (Å²) < 4.78 is 0. The lowest BCUT2D eigenvalue weighted by Gasteiger charge is -2.19. The first-order chi connectivity index (χ1) is 9.12. The number of imide groups is 1. The Bertz CT molecular complexity index is 529. The van der Waals surface area contributed by atoms with Gasteiger partial charge in [0.25, 0.3) is 5.91 Å². The zero-order valence-electron chi connectivity index (χ0n) is 10.4. The minimum absolute atomic E-state index is 0.201. The largest absolute Gasteiger partial charge is 0.359 e. The zero-order valence-corrected chi connectivity index (χ0v) is 10.4. The summed E-state index contributed by atoms with van der Waals surface area (Å²) >= 11 is 0. The van der Waals surface area contributed by atoms with Crippen molar-refractivity contribution in [1.82, 2.24) is 15.2 Å². The van der Waals surface area contributed by atoms with Crippen molar-refractivity contribution in [3.8, 4) is 0 Å². The maximum absolute atomic E-state index is 12.3. The van der Waals surface area contributed by atoms with Crippen molar-refractivity contribution >= 4 is 17.7 Å². The number of rotatable bonds is 3. The molecule has 3 amide bonds. The average Bonchev–Trinajstić information content (AvgIpc) is 3.08. The van der Waals surface area contributed by atoms with Crippen molar-refractivity contribution in [2.24, 2.45) is 0 Å². The Kier molecular flexibility index (Phi) is 2.66. The van der Waals surface area contributed by atoms with Crippen molar-refractivity contribution in [1.29, 1.82) is 0 Å². The fourth-order valence-corrected chi connectivity index (χ4v) is 2.87. The second kappa shape index (κ2) is 4.22. The first-order valence-corrected chi connectivity index (χ1v) is 6.43. The highest BCUT2D eigenvalue weighted by Gasteiger charge is 2.52. The highest BCUT2D eigenvalue weighted by molar-refractivity contribution is 6.10. The van der Waals surface area contributed by atoms with Crippen LogP contribution in [0.4, 0.5) is 4.79 Å². The van der Waals surface area contributed by atoms with Crippen LogP contribution in [0.25, 0.3) is 0 Å². The summed E-state index contributed by atoms with van der Waals surface area (Å²) in [5.74, 6) is -0.515. The van der Waals surface area contributed by atoms with E-state index in [-0.39, 0.29) is 18.2 Å². The Morgan fingerprint density at radius 3 is 2.68 bits per heavy atom. The van der Waals surface area contributed by atoms with Crippen molar-refractivity contribution in [2.75, 3.05) is 6.54 Å². The number of ketones is 1. The van der Waals surface area contributed by atoms with E-state index in [0.29, 0.717) is 18.5 Å². The number of Topliss-reactive ketones (excluding diaryl/α,β-unsaturated/α-hetero) is 1. The average molecular weight is 261 g/mol. The van der Waals surface area contributed by atoms with Gasteiger partial charge < -0.3 is 10.3 Å². The number of amides is 3. The highest BCUT2D eigenvalue weighted by Crippen LogP contribution is 2.34. The van der Waals surface area contributed by atoms with Crippen LogP contribution in [0.5, 0.6) is 0 Å². The molecule has 6 heteroatoms. The fraction of sp³-hybridized carbons (Fsp3) is 0.462. The van der Waals surface area contributed by atoms with Crippen molar-refractivity contribution in [3.05, 3.63) is 24.0 Å². The molecule has 100 valence electrons. The molecule has 2 aliphatic rings. The van der Waals surface area contributed by atoms with E-state index in [0.717, 1.165) is 17.7 Å². The van der Waals surface area contributed by atoms with Crippen LogP contribution in [0.1, 0.15) is 36.2 Å². The monoisotopic (exact) mass is 261 g/mol. The van der Waals surface area contributed by atoms with Gasteiger partial charge in [-0.05, 0) is 25.0 Å². The molecule has 1 aromatic rings. The van der Waals surface area contributed by atoms with Gasteiger partial charge in [-0.1, -0.05) is 12.8 Å². The van der Waals surface area contributed by atoms with Crippen molar-refractivity contribution in [2.45, 2.75) is 31.2 Å². The number of carbonyl (C=O) groups is 3. The Hall–Kier alpha value is -2.11. The van der Waals surface area contributed by atoms with Gasteiger partial charge in [-0.3, -0.25) is 14.5 Å². The van der Waals surface area contributed by atoms with E-state index in [1.165, 1.54) is 0 Å². The first kappa shape index (κ1) is 12.0. The minimum Gasteiger partial charge on any atom is -0.359 e. The van der Waals surface area contributed by atoms with Crippen LogP contribution < -0.4 is 5.32 Å². The summed E-state index contributed by atoms with van der Waals surface area (Å²) in [6.45, 7) is -0.201. The summed E-state index contributed by atoms with van der Waals surface area (Å²) in [6, 6.07) is 2.88. The van der Waals surface area contributed by atoms with Gasteiger partial charge in [-0.15, -0.1) is 0 Å². The Morgan fingerprint density at radius 2 is 2.05 bits per heavy atom. The van der Waals surface area contributed by atoms with E-state index >= 15 is 0 Å². The summed E-state index contributed by atoms with van der Waals surface area (Å²) in [5, 5.41) is 2.75. The molecule has 0 radical (unpaired) electrons. The summed E-state index contributed by atoms with van der Waals surface area (Å²) in [4.78, 5) is 40.0. The molecule has 1 aliphatic carbocycles. The van der Waals surface area contributed by atoms with Gasteiger partial charge in [0.1, 0.15) is 5.54 Å². The molecule has 2 N–H and O–H groups in total. The SMILES string of the molecule is O=C(CN1C(=O)NC2(CCCC2)C1=O)c1ccc[nH]1. The molecule has 6 nitrogen and oxygen atoms in total. The molecule has 0 bridgehead atoms. The van der Waals surface area contributed by atoms with Crippen LogP contribution in [0, 0.1) is 0 Å². The summed E-state index contributed by atoms with van der Waals surface area (Å²) in [7, 11) is 0. The normalized spacial score (nSPS) is 21.2. The third-order valence-electron chi connectivity index (χ3n) is 3.90. The summed E-state index contributed by atoms with van der Waals surface area (Å²) in [6.07, 6.45) is 4.85. The van der Waals surface area contributed by atoms with E-state index in [1.54, 1.807) is 18.3 Å². The van der Waals surface area contributed by atoms with Crippen LogP contribution in [-0.4, -0.2) is 39.7 Å². The van der Waals surface area contributed by atoms with Crippen LogP contribution in [-0.2, 0) is 4.79 Å². The number of urea groups is 1. The van der Waals surface area contributed by atoms with Gasteiger partial charge in [0.05, 0.1) is 12.2 Å². The highest BCUT2D eigenvalue weighted by atomic mass is 16.2. The number of carbonyl (C=O) groups excluding carboxylic acids is 3. The molecule has 0 unspecified atom stereocenters. The second-order valence-electron chi connectivity index (χ2n) is 5.12. The van der Waals surface area contributed by atoms with Gasteiger partial charge in [0.2, 0.25) is 0 Å². The predicted molar refractivity (Wildman–Crippen MR) is 66.6 cm³/mol. The molecular formula is C13H15N3O3. The zero-order chi connectivity index (χ0) is 13.5. The van der Waals surface area contributed by atoms with Gasteiger partial charge in [-0.2, -0.15) is 0 Å².